The number of aromatic nitrogens is 2. The van der Waals surface area contributed by atoms with E-state index in [0.29, 0.717) is 5.56 Å². The predicted octanol–water partition coefficient (Wildman–Crippen LogP) is 1.42. The molecule has 0 aliphatic carbocycles. The number of nitrogens with zero attached hydrogens (tertiary/aromatic N) is 2. The number of hydrogen-bond donors (Lipinski definition) is 3. The maximum absolute atomic E-state index is 13.2. The number of carbonyl (C=O) groups is 3. The number of hydrogen-bond acceptors (Lipinski definition) is 7. The predicted molar refractivity (Wildman–Crippen MR) is 119 cm³/mol. The molecular formula is C24H24N4O5. The fourth-order valence-corrected chi connectivity index (χ4v) is 3.18. The molecule has 0 radical (unpaired) electrons. The molecule has 0 saturated carbocycles. The Morgan fingerprint density at radius 2 is 1.58 bits per heavy atom. The number of benzene rings is 2. The molecule has 0 aliphatic heterocycles. The smallest absolute Gasteiger partial charge is 0.328 e. The van der Waals surface area contributed by atoms with Gasteiger partial charge in [0.15, 0.2) is 0 Å². The monoisotopic (exact) mass is 448 g/mol. The molecule has 0 saturated heterocycles. The number of aromatic hydroxyl groups is 1. The van der Waals surface area contributed by atoms with Crippen LogP contribution in [0, 0.1) is 0 Å². The largest absolute Gasteiger partial charge is 0.508 e. The second kappa shape index (κ2) is 11.4. The van der Waals surface area contributed by atoms with Crippen LogP contribution in [0.15, 0.2) is 73.2 Å². The van der Waals surface area contributed by atoms with Crippen LogP contribution in [0.25, 0.3) is 0 Å². The Balaban J connectivity index is 1.80. The van der Waals surface area contributed by atoms with Crippen molar-refractivity contribution in [1.29, 1.82) is 0 Å². The van der Waals surface area contributed by atoms with Crippen molar-refractivity contribution in [2.75, 3.05) is 7.11 Å². The summed E-state index contributed by atoms with van der Waals surface area (Å²) in [6, 6.07) is 13.5. The van der Waals surface area contributed by atoms with E-state index in [0.717, 1.165) is 5.56 Å². The molecule has 2 atom stereocenters. The minimum absolute atomic E-state index is 0.0507. The topological polar surface area (TPSA) is 131 Å². The zero-order valence-electron chi connectivity index (χ0n) is 18.0. The van der Waals surface area contributed by atoms with Crippen molar-refractivity contribution in [2.45, 2.75) is 24.9 Å². The van der Waals surface area contributed by atoms with Crippen LogP contribution >= 0.6 is 0 Å². The van der Waals surface area contributed by atoms with E-state index in [1.807, 2.05) is 30.3 Å². The molecule has 0 fully saturated rings. The fourth-order valence-electron chi connectivity index (χ4n) is 3.18. The van der Waals surface area contributed by atoms with Crippen molar-refractivity contribution < 1.29 is 24.2 Å². The van der Waals surface area contributed by atoms with Crippen molar-refractivity contribution in [1.82, 2.24) is 20.6 Å². The molecule has 2 amide bonds. The Morgan fingerprint density at radius 1 is 0.909 bits per heavy atom. The highest BCUT2D eigenvalue weighted by atomic mass is 16.5. The van der Waals surface area contributed by atoms with Gasteiger partial charge >= 0.3 is 5.97 Å². The minimum atomic E-state index is -1.02. The lowest BCUT2D eigenvalue weighted by Crippen LogP contribution is -2.53. The second-order valence-corrected chi connectivity index (χ2v) is 7.26. The maximum Gasteiger partial charge on any atom is 0.328 e. The minimum Gasteiger partial charge on any atom is -0.508 e. The van der Waals surface area contributed by atoms with E-state index in [-0.39, 0.29) is 24.3 Å². The quantitative estimate of drug-likeness (QED) is 0.422. The van der Waals surface area contributed by atoms with Gasteiger partial charge in [-0.25, -0.2) is 9.78 Å². The molecule has 9 heteroatoms. The van der Waals surface area contributed by atoms with Crippen LogP contribution in [0.5, 0.6) is 5.75 Å². The lowest BCUT2D eigenvalue weighted by molar-refractivity contribution is -0.145. The van der Waals surface area contributed by atoms with Crippen molar-refractivity contribution in [2.24, 2.45) is 0 Å². The number of rotatable bonds is 9. The fraction of sp³-hybridized carbons (Fsp3) is 0.208. The first-order valence-electron chi connectivity index (χ1n) is 10.2. The number of ether oxygens (including phenoxy) is 1. The van der Waals surface area contributed by atoms with Gasteiger partial charge in [0.05, 0.1) is 13.3 Å². The van der Waals surface area contributed by atoms with Gasteiger partial charge in [-0.05, 0) is 23.3 Å². The number of nitrogens with one attached hydrogen (secondary N) is 2. The maximum atomic E-state index is 13.2. The summed E-state index contributed by atoms with van der Waals surface area (Å²) in [5.41, 5.74) is 1.59. The summed E-state index contributed by atoms with van der Waals surface area (Å²) >= 11 is 0. The van der Waals surface area contributed by atoms with Crippen LogP contribution in [-0.2, 0) is 27.2 Å². The summed E-state index contributed by atoms with van der Waals surface area (Å²) in [4.78, 5) is 46.0. The standard InChI is InChI=1S/C24H24N4O5/c1-33-24(32)20(14-16-5-3-2-4-6-16)28-22(30)19(13-17-7-9-18(29)10-8-17)27-23(31)21-15-25-11-12-26-21/h2-12,15,19-20,29H,13-14H2,1H3,(H,27,31)(H,28,30)/t19-,20-/m0/s1. The Bertz CT molecular complexity index is 1080. The van der Waals surface area contributed by atoms with Gasteiger partial charge < -0.3 is 20.5 Å². The van der Waals surface area contributed by atoms with E-state index in [1.54, 1.807) is 12.1 Å². The molecule has 0 bridgehead atoms. The first-order valence-corrected chi connectivity index (χ1v) is 10.2. The molecule has 1 heterocycles. The Labute approximate surface area is 190 Å². The molecular weight excluding hydrogens is 424 g/mol. The summed E-state index contributed by atoms with van der Waals surface area (Å²) in [6.07, 6.45) is 4.44. The number of carbonyl (C=O) groups excluding carboxylic acids is 3. The van der Waals surface area contributed by atoms with Crippen molar-refractivity contribution in [3.8, 4) is 5.75 Å². The van der Waals surface area contributed by atoms with Crippen LogP contribution in [-0.4, -0.2) is 52.1 Å². The average molecular weight is 448 g/mol. The van der Waals surface area contributed by atoms with Crippen LogP contribution < -0.4 is 10.6 Å². The molecule has 9 nitrogen and oxygen atoms in total. The van der Waals surface area contributed by atoms with E-state index in [9.17, 15) is 19.5 Å². The Kier molecular flexibility index (Phi) is 8.07. The summed E-state index contributed by atoms with van der Waals surface area (Å²) in [5.74, 6) is -1.67. The highest BCUT2D eigenvalue weighted by Gasteiger charge is 2.28. The lowest BCUT2D eigenvalue weighted by atomic mass is 10.0. The molecule has 3 aromatic rings. The molecule has 0 unspecified atom stereocenters. The van der Waals surface area contributed by atoms with Crippen LogP contribution in [0.3, 0.4) is 0 Å². The first-order chi connectivity index (χ1) is 16.0. The third kappa shape index (κ3) is 6.86. The van der Waals surface area contributed by atoms with Crippen LogP contribution in [0.2, 0.25) is 0 Å². The zero-order chi connectivity index (χ0) is 23.6. The number of methoxy groups -OCH3 is 1. The highest BCUT2D eigenvalue weighted by Crippen LogP contribution is 2.12. The van der Waals surface area contributed by atoms with Gasteiger partial charge in [0.25, 0.3) is 5.91 Å². The SMILES string of the molecule is COC(=O)[C@H](Cc1ccccc1)NC(=O)[C@H](Cc1ccc(O)cc1)NC(=O)c1cnccn1. The lowest BCUT2D eigenvalue weighted by Gasteiger charge is -2.22. The second-order valence-electron chi connectivity index (χ2n) is 7.26. The Hall–Kier alpha value is -4.27. The molecule has 0 spiro atoms. The van der Waals surface area contributed by atoms with Crippen molar-refractivity contribution >= 4 is 17.8 Å². The van der Waals surface area contributed by atoms with Gasteiger partial charge in [-0.15, -0.1) is 0 Å². The first kappa shape index (κ1) is 23.4. The van der Waals surface area contributed by atoms with Gasteiger partial charge in [0, 0.05) is 25.2 Å². The summed E-state index contributed by atoms with van der Waals surface area (Å²) in [5, 5.41) is 14.9. The molecule has 3 rings (SSSR count). The third-order valence-corrected chi connectivity index (χ3v) is 4.88. The van der Waals surface area contributed by atoms with Crippen molar-refractivity contribution in [3.63, 3.8) is 0 Å². The van der Waals surface area contributed by atoms with Gasteiger partial charge in [-0.3, -0.25) is 14.6 Å². The number of phenolic OH excluding ortho intramolecular Hbond substituents is 1. The van der Waals surface area contributed by atoms with E-state index < -0.39 is 29.9 Å². The highest BCUT2D eigenvalue weighted by molar-refractivity contribution is 5.96. The number of esters is 1. The Morgan fingerprint density at radius 3 is 2.21 bits per heavy atom. The average Bonchev–Trinajstić information content (AvgIpc) is 2.85. The van der Waals surface area contributed by atoms with Gasteiger partial charge in [0.2, 0.25) is 5.91 Å². The van der Waals surface area contributed by atoms with Crippen LogP contribution in [0.4, 0.5) is 0 Å². The van der Waals surface area contributed by atoms with Gasteiger partial charge in [0.1, 0.15) is 23.5 Å². The number of phenols is 1. The van der Waals surface area contributed by atoms with Crippen LogP contribution in [0.1, 0.15) is 21.6 Å². The zero-order valence-corrected chi connectivity index (χ0v) is 18.0. The van der Waals surface area contributed by atoms with E-state index in [1.165, 1.54) is 37.8 Å². The summed E-state index contributed by atoms with van der Waals surface area (Å²) in [7, 11) is 1.25. The number of amides is 2. The molecule has 33 heavy (non-hydrogen) atoms. The normalized spacial score (nSPS) is 12.3. The van der Waals surface area contributed by atoms with Gasteiger partial charge in [-0.2, -0.15) is 0 Å². The molecule has 1 aromatic heterocycles. The summed E-state index contributed by atoms with van der Waals surface area (Å²) < 4.78 is 4.86. The van der Waals surface area contributed by atoms with Gasteiger partial charge in [-0.1, -0.05) is 42.5 Å². The van der Waals surface area contributed by atoms with E-state index >= 15 is 0 Å². The van der Waals surface area contributed by atoms with Crippen molar-refractivity contribution in [3.05, 3.63) is 90.0 Å². The molecule has 3 N–H and O–H groups in total. The molecule has 0 aliphatic rings. The molecule has 2 aromatic carbocycles. The van der Waals surface area contributed by atoms with E-state index in [4.69, 9.17) is 4.74 Å². The van der Waals surface area contributed by atoms with E-state index in [2.05, 4.69) is 20.6 Å². The third-order valence-electron chi connectivity index (χ3n) is 4.88. The molecule has 170 valence electrons. The summed E-state index contributed by atoms with van der Waals surface area (Å²) in [6.45, 7) is 0.